The standard InChI is InChI=1S/C24H35N5O2.HI/c1-24(2,29-12-5-4-6-13-29)18-28-23(25-3)27-16-19-9-7-10-20(15-19)22(30)26-17-21-11-8-14-31-21;/h7-11,14-15H,4-6,12-13,16-18H2,1-3H3,(H,26,30)(H2,25,27,28);1H. The maximum Gasteiger partial charge on any atom is 0.251 e. The molecular formula is C24H36IN5O2. The lowest BCUT2D eigenvalue weighted by Gasteiger charge is -2.41. The average Bonchev–Trinajstić information content (AvgIpc) is 3.32. The van der Waals surface area contributed by atoms with E-state index in [1.807, 2.05) is 36.4 Å². The zero-order valence-electron chi connectivity index (χ0n) is 19.3. The van der Waals surface area contributed by atoms with Crippen LogP contribution < -0.4 is 16.0 Å². The number of carbonyl (C=O) groups excluding carboxylic acids is 1. The second-order valence-electron chi connectivity index (χ2n) is 8.60. The molecule has 1 aliphatic rings. The van der Waals surface area contributed by atoms with Crippen LogP contribution in [-0.4, -0.2) is 49.0 Å². The van der Waals surface area contributed by atoms with Crippen molar-refractivity contribution in [3.63, 3.8) is 0 Å². The van der Waals surface area contributed by atoms with E-state index in [-0.39, 0.29) is 35.4 Å². The Bertz CT molecular complexity index is 861. The van der Waals surface area contributed by atoms with E-state index < -0.39 is 0 Å². The topological polar surface area (TPSA) is 81.9 Å². The Kier molecular flexibility index (Phi) is 10.5. The summed E-state index contributed by atoms with van der Waals surface area (Å²) < 4.78 is 5.26. The predicted molar refractivity (Wildman–Crippen MR) is 139 cm³/mol. The minimum atomic E-state index is -0.121. The Morgan fingerprint density at radius 3 is 2.53 bits per heavy atom. The fraction of sp³-hybridized carbons (Fsp3) is 0.500. The molecule has 2 heterocycles. The van der Waals surface area contributed by atoms with E-state index in [1.165, 1.54) is 19.3 Å². The molecule has 0 radical (unpaired) electrons. The SMILES string of the molecule is CN=C(NCc1cccc(C(=O)NCc2ccco2)c1)NCC(C)(C)N1CCCCC1.I. The van der Waals surface area contributed by atoms with Crippen LogP contribution in [0.5, 0.6) is 0 Å². The van der Waals surface area contributed by atoms with Crippen LogP contribution in [0.3, 0.4) is 0 Å². The number of likely N-dealkylation sites (tertiary alicyclic amines) is 1. The summed E-state index contributed by atoms with van der Waals surface area (Å²) in [5, 5.41) is 9.69. The van der Waals surface area contributed by atoms with Crippen LogP contribution in [0.2, 0.25) is 0 Å². The molecule has 1 fully saturated rings. The predicted octanol–water partition coefficient (Wildman–Crippen LogP) is 3.76. The number of halogens is 1. The van der Waals surface area contributed by atoms with Gasteiger partial charge in [-0.2, -0.15) is 0 Å². The highest BCUT2D eigenvalue weighted by Crippen LogP contribution is 2.19. The summed E-state index contributed by atoms with van der Waals surface area (Å²) in [6.45, 7) is 8.67. The average molecular weight is 553 g/mol. The first kappa shape index (κ1) is 26.2. The lowest BCUT2D eigenvalue weighted by molar-refractivity contribution is 0.0947. The number of aliphatic imine (C=N–C) groups is 1. The lowest BCUT2D eigenvalue weighted by atomic mass is 9.98. The van der Waals surface area contributed by atoms with E-state index in [1.54, 1.807) is 13.3 Å². The molecule has 2 aromatic rings. The van der Waals surface area contributed by atoms with Crippen LogP contribution >= 0.6 is 24.0 Å². The fourth-order valence-electron chi connectivity index (χ4n) is 3.82. The van der Waals surface area contributed by atoms with Crippen molar-refractivity contribution in [3.8, 4) is 0 Å². The normalized spacial score (nSPS) is 15.0. The Hall–Kier alpha value is -2.07. The Balaban J connectivity index is 0.00000363. The quantitative estimate of drug-likeness (QED) is 0.264. The van der Waals surface area contributed by atoms with Crippen molar-refractivity contribution in [2.45, 2.75) is 51.7 Å². The van der Waals surface area contributed by atoms with Crippen molar-refractivity contribution in [1.29, 1.82) is 0 Å². The number of benzene rings is 1. The maximum absolute atomic E-state index is 12.4. The van der Waals surface area contributed by atoms with E-state index in [4.69, 9.17) is 4.42 Å². The zero-order chi connectivity index (χ0) is 22.1. The van der Waals surface area contributed by atoms with Crippen LogP contribution in [0.15, 0.2) is 52.1 Å². The van der Waals surface area contributed by atoms with Crippen LogP contribution in [0.1, 0.15) is 54.8 Å². The highest BCUT2D eigenvalue weighted by molar-refractivity contribution is 14.0. The zero-order valence-corrected chi connectivity index (χ0v) is 21.6. The van der Waals surface area contributed by atoms with Gasteiger partial charge in [-0.1, -0.05) is 18.6 Å². The molecule has 3 N–H and O–H groups in total. The van der Waals surface area contributed by atoms with Gasteiger partial charge in [-0.3, -0.25) is 14.7 Å². The van der Waals surface area contributed by atoms with E-state index in [0.717, 1.165) is 36.9 Å². The molecule has 32 heavy (non-hydrogen) atoms. The molecule has 176 valence electrons. The molecule has 1 amide bonds. The molecule has 8 heteroatoms. The van der Waals surface area contributed by atoms with Gasteiger partial charge in [0, 0.05) is 31.2 Å². The number of nitrogens with zero attached hydrogens (tertiary/aromatic N) is 2. The third-order valence-corrected chi connectivity index (χ3v) is 5.78. The minimum Gasteiger partial charge on any atom is -0.467 e. The van der Waals surface area contributed by atoms with E-state index >= 15 is 0 Å². The number of guanidine groups is 1. The minimum absolute atomic E-state index is 0. The summed E-state index contributed by atoms with van der Waals surface area (Å²) in [4.78, 5) is 19.3. The second-order valence-corrected chi connectivity index (χ2v) is 8.60. The van der Waals surface area contributed by atoms with Crippen molar-refractivity contribution in [2.24, 2.45) is 4.99 Å². The first-order valence-electron chi connectivity index (χ1n) is 11.1. The van der Waals surface area contributed by atoms with Crippen LogP contribution in [0, 0.1) is 0 Å². The van der Waals surface area contributed by atoms with Gasteiger partial charge < -0.3 is 20.4 Å². The third-order valence-electron chi connectivity index (χ3n) is 5.78. The summed E-state index contributed by atoms with van der Waals surface area (Å²) in [5.74, 6) is 1.37. The van der Waals surface area contributed by atoms with Crippen molar-refractivity contribution in [1.82, 2.24) is 20.9 Å². The second kappa shape index (κ2) is 12.8. The number of piperidine rings is 1. The summed E-state index contributed by atoms with van der Waals surface area (Å²) in [7, 11) is 1.78. The number of hydrogen-bond acceptors (Lipinski definition) is 4. The smallest absolute Gasteiger partial charge is 0.251 e. The van der Waals surface area contributed by atoms with Gasteiger partial charge in [-0.15, -0.1) is 24.0 Å². The van der Waals surface area contributed by atoms with Crippen LogP contribution in [0.25, 0.3) is 0 Å². The molecule has 7 nitrogen and oxygen atoms in total. The van der Waals surface area contributed by atoms with E-state index in [0.29, 0.717) is 18.7 Å². The number of hydrogen-bond donors (Lipinski definition) is 3. The van der Waals surface area contributed by atoms with Gasteiger partial charge in [-0.25, -0.2) is 0 Å². The van der Waals surface area contributed by atoms with E-state index in [2.05, 4.69) is 39.7 Å². The maximum atomic E-state index is 12.4. The summed E-state index contributed by atoms with van der Waals surface area (Å²) in [6.07, 6.45) is 5.50. The summed E-state index contributed by atoms with van der Waals surface area (Å²) in [5.41, 5.74) is 1.72. The molecule has 0 spiro atoms. The fourth-order valence-corrected chi connectivity index (χ4v) is 3.82. The molecular weight excluding hydrogens is 517 g/mol. The van der Waals surface area contributed by atoms with Crippen LogP contribution in [0.4, 0.5) is 0 Å². The Morgan fingerprint density at radius 1 is 1.06 bits per heavy atom. The van der Waals surface area contributed by atoms with Gasteiger partial charge in [0.1, 0.15) is 5.76 Å². The highest BCUT2D eigenvalue weighted by atomic mass is 127. The Morgan fingerprint density at radius 2 is 1.84 bits per heavy atom. The molecule has 0 bridgehead atoms. The number of rotatable bonds is 8. The molecule has 0 saturated carbocycles. The third kappa shape index (κ3) is 7.81. The lowest BCUT2D eigenvalue weighted by Crippen LogP contribution is -2.54. The summed E-state index contributed by atoms with van der Waals surface area (Å²) >= 11 is 0. The molecule has 1 aromatic heterocycles. The molecule has 1 aliphatic heterocycles. The number of amides is 1. The van der Waals surface area contributed by atoms with Crippen molar-refractivity contribution >= 4 is 35.8 Å². The van der Waals surface area contributed by atoms with E-state index in [9.17, 15) is 4.79 Å². The summed E-state index contributed by atoms with van der Waals surface area (Å²) in [6, 6.07) is 11.3. The molecule has 0 atom stereocenters. The van der Waals surface area contributed by atoms with Gasteiger partial charge in [0.15, 0.2) is 5.96 Å². The molecule has 1 aromatic carbocycles. The van der Waals surface area contributed by atoms with Crippen LogP contribution in [-0.2, 0) is 13.1 Å². The van der Waals surface area contributed by atoms with Crippen molar-refractivity contribution < 1.29 is 9.21 Å². The number of nitrogens with one attached hydrogen (secondary N) is 3. The van der Waals surface area contributed by atoms with Gasteiger partial charge in [-0.05, 0) is 69.6 Å². The molecule has 0 aliphatic carbocycles. The highest BCUT2D eigenvalue weighted by Gasteiger charge is 2.27. The monoisotopic (exact) mass is 553 g/mol. The van der Waals surface area contributed by atoms with Crippen molar-refractivity contribution in [3.05, 3.63) is 59.5 Å². The Labute approximate surface area is 208 Å². The van der Waals surface area contributed by atoms with Gasteiger partial charge in [0.05, 0.1) is 12.8 Å². The molecule has 1 saturated heterocycles. The molecule has 3 rings (SSSR count). The number of furan rings is 1. The van der Waals surface area contributed by atoms with Gasteiger partial charge in [0.25, 0.3) is 5.91 Å². The van der Waals surface area contributed by atoms with Gasteiger partial charge in [0.2, 0.25) is 0 Å². The first-order chi connectivity index (χ1) is 15.0. The number of carbonyl (C=O) groups is 1. The molecule has 0 unspecified atom stereocenters. The first-order valence-corrected chi connectivity index (χ1v) is 11.1. The van der Waals surface area contributed by atoms with Crippen molar-refractivity contribution in [2.75, 3.05) is 26.7 Å². The van der Waals surface area contributed by atoms with Gasteiger partial charge >= 0.3 is 0 Å². The largest absolute Gasteiger partial charge is 0.467 e.